The highest BCUT2D eigenvalue weighted by molar-refractivity contribution is 5.25. The molecule has 1 aromatic carbocycles. The Kier molecular flexibility index (Phi) is 4.63. The van der Waals surface area contributed by atoms with Crippen molar-refractivity contribution < 1.29 is 4.39 Å². The lowest BCUT2D eigenvalue weighted by molar-refractivity contribution is 0.0816. The van der Waals surface area contributed by atoms with E-state index >= 15 is 0 Å². The summed E-state index contributed by atoms with van der Waals surface area (Å²) in [6, 6.07) is 7.19. The van der Waals surface area contributed by atoms with Crippen LogP contribution < -0.4 is 5.32 Å². The molecule has 0 bridgehead atoms. The average molecular weight is 300 g/mol. The molecule has 2 aromatic rings. The number of anilines is 1. The van der Waals surface area contributed by atoms with E-state index in [0.717, 1.165) is 38.0 Å². The summed E-state index contributed by atoms with van der Waals surface area (Å²) in [5.74, 6) is 0.502. The van der Waals surface area contributed by atoms with Gasteiger partial charge >= 0.3 is 0 Å². The highest BCUT2D eigenvalue weighted by atomic mass is 19.1. The predicted molar refractivity (Wildman–Crippen MR) is 85.0 cm³/mol. The van der Waals surface area contributed by atoms with Crippen molar-refractivity contribution in [3.05, 3.63) is 53.6 Å². The molecule has 0 saturated carbocycles. The van der Waals surface area contributed by atoms with Gasteiger partial charge in [0.2, 0.25) is 5.95 Å². The summed E-state index contributed by atoms with van der Waals surface area (Å²) in [7, 11) is 0. The zero-order chi connectivity index (χ0) is 15.4. The van der Waals surface area contributed by atoms with Crippen LogP contribution in [0, 0.1) is 5.82 Å². The van der Waals surface area contributed by atoms with Gasteiger partial charge in [-0.2, -0.15) is 0 Å². The van der Waals surface area contributed by atoms with Crippen LogP contribution >= 0.6 is 0 Å². The molecule has 0 aliphatic carbocycles. The lowest BCUT2D eigenvalue weighted by Crippen LogP contribution is -2.40. The molecule has 116 valence electrons. The highest BCUT2D eigenvalue weighted by Gasteiger charge is 2.29. The maximum absolute atomic E-state index is 13.0. The minimum Gasteiger partial charge on any atom is -0.354 e. The van der Waals surface area contributed by atoms with Crippen LogP contribution in [0.15, 0.2) is 36.7 Å². The van der Waals surface area contributed by atoms with E-state index in [1.807, 2.05) is 24.5 Å². The van der Waals surface area contributed by atoms with E-state index < -0.39 is 0 Å². The largest absolute Gasteiger partial charge is 0.354 e. The SMILES string of the molecule is CCCNc1ncc(CN2CCC2c2ccc(F)cc2)cn1. The molecule has 0 spiro atoms. The minimum atomic E-state index is -0.182. The summed E-state index contributed by atoms with van der Waals surface area (Å²) >= 11 is 0. The number of benzene rings is 1. The topological polar surface area (TPSA) is 41.1 Å². The van der Waals surface area contributed by atoms with E-state index in [0.29, 0.717) is 12.0 Å². The van der Waals surface area contributed by atoms with Gasteiger partial charge in [-0.05, 0) is 30.5 Å². The third-order valence-electron chi connectivity index (χ3n) is 4.01. The lowest BCUT2D eigenvalue weighted by Gasteiger charge is -2.41. The van der Waals surface area contributed by atoms with Gasteiger partial charge in [-0.3, -0.25) is 4.90 Å². The molecule has 0 radical (unpaired) electrons. The second-order valence-electron chi connectivity index (χ2n) is 5.67. The molecule has 22 heavy (non-hydrogen) atoms. The van der Waals surface area contributed by atoms with Gasteiger partial charge in [-0.1, -0.05) is 19.1 Å². The van der Waals surface area contributed by atoms with Crippen LogP contribution in [0.5, 0.6) is 0 Å². The Hall–Kier alpha value is -2.01. The molecule has 1 saturated heterocycles. The van der Waals surface area contributed by atoms with Crippen LogP contribution in [0.1, 0.15) is 36.9 Å². The van der Waals surface area contributed by atoms with Crippen LogP contribution in [0.3, 0.4) is 0 Å². The van der Waals surface area contributed by atoms with Crippen molar-refractivity contribution in [2.75, 3.05) is 18.4 Å². The van der Waals surface area contributed by atoms with Crippen LogP contribution in [0.2, 0.25) is 0 Å². The van der Waals surface area contributed by atoms with Gasteiger partial charge in [0.15, 0.2) is 0 Å². The van der Waals surface area contributed by atoms with Crippen molar-refractivity contribution in [3.63, 3.8) is 0 Å². The number of hydrogen-bond acceptors (Lipinski definition) is 4. The van der Waals surface area contributed by atoms with Gasteiger partial charge in [-0.25, -0.2) is 14.4 Å². The summed E-state index contributed by atoms with van der Waals surface area (Å²) in [6.45, 7) is 4.88. The first-order chi connectivity index (χ1) is 10.8. The lowest BCUT2D eigenvalue weighted by atomic mass is 9.94. The summed E-state index contributed by atoms with van der Waals surface area (Å²) < 4.78 is 13.0. The summed E-state index contributed by atoms with van der Waals surface area (Å²) in [4.78, 5) is 11.0. The first-order valence-electron chi connectivity index (χ1n) is 7.80. The molecule has 1 N–H and O–H groups in total. The Morgan fingerprint density at radius 3 is 2.55 bits per heavy atom. The Balaban J connectivity index is 1.60. The number of nitrogens with zero attached hydrogens (tertiary/aromatic N) is 3. The molecule has 1 atom stereocenters. The third-order valence-corrected chi connectivity index (χ3v) is 4.01. The normalized spacial score (nSPS) is 18.0. The molecule has 1 fully saturated rings. The van der Waals surface area contributed by atoms with Crippen molar-refractivity contribution in [1.82, 2.24) is 14.9 Å². The van der Waals surface area contributed by atoms with Gasteiger partial charge in [0.25, 0.3) is 0 Å². The van der Waals surface area contributed by atoms with Gasteiger partial charge < -0.3 is 5.32 Å². The summed E-state index contributed by atoms with van der Waals surface area (Å²) in [6.07, 6.45) is 5.93. The molecule has 1 unspecified atom stereocenters. The zero-order valence-corrected chi connectivity index (χ0v) is 12.8. The molecule has 1 aliphatic heterocycles. The molecule has 5 heteroatoms. The maximum atomic E-state index is 13.0. The summed E-state index contributed by atoms with van der Waals surface area (Å²) in [5.41, 5.74) is 2.28. The molecule has 3 rings (SSSR count). The van der Waals surface area contributed by atoms with Crippen molar-refractivity contribution in [2.45, 2.75) is 32.4 Å². The Bertz CT molecular complexity index is 597. The van der Waals surface area contributed by atoms with Crippen molar-refractivity contribution in [2.24, 2.45) is 0 Å². The summed E-state index contributed by atoms with van der Waals surface area (Å²) in [5, 5.41) is 3.17. The third kappa shape index (κ3) is 3.42. The monoisotopic (exact) mass is 300 g/mol. The fraction of sp³-hybridized carbons (Fsp3) is 0.412. The van der Waals surface area contributed by atoms with E-state index in [9.17, 15) is 4.39 Å². The fourth-order valence-corrected chi connectivity index (χ4v) is 2.69. The number of aromatic nitrogens is 2. The van der Waals surface area contributed by atoms with Crippen molar-refractivity contribution in [1.29, 1.82) is 0 Å². The molecule has 4 nitrogen and oxygen atoms in total. The first-order valence-corrected chi connectivity index (χ1v) is 7.80. The number of rotatable bonds is 6. The fourth-order valence-electron chi connectivity index (χ4n) is 2.69. The highest BCUT2D eigenvalue weighted by Crippen LogP contribution is 2.34. The molecule has 0 amide bonds. The van der Waals surface area contributed by atoms with Gasteiger partial charge in [-0.15, -0.1) is 0 Å². The molecular weight excluding hydrogens is 279 g/mol. The van der Waals surface area contributed by atoms with E-state index in [4.69, 9.17) is 0 Å². The maximum Gasteiger partial charge on any atom is 0.222 e. The first kappa shape index (κ1) is 14.9. The van der Waals surface area contributed by atoms with Crippen LogP contribution in [-0.4, -0.2) is 28.0 Å². The van der Waals surface area contributed by atoms with E-state index in [-0.39, 0.29) is 5.82 Å². The van der Waals surface area contributed by atoms with E-state index in [1.54, 1.807) is 0 Å². The predicted octanol–water partition coefficient (Wildman–Crippen LogP) is 3.38. The van der Waals surface area contributed by atoms with E-state index in [1.165, 1.54) is 17.7 Å². The standard InChI is InChI=1S/C17H21FN4/c1-2-8-19-17-20-10-13(11-21-17)12-22-9-7-16(22)14-3-5-15(18)6-4-14/h3-6,10-11,16H,2,7-9,12H2,1H3,(H,19,20,21). The Morgan fingerprint density at radius 1 is 1.23 bits per heavy atom. The van der Waals surface area contributed by atoms with Crippen LogP contribution in [-0.2, 0) is 6.54 Å². The molecule has 2 heterocycles. The second kappa shape index (κ2) is 6.83. The second-order valence-corrected chi connectivity index (χ2v) is 5.67. The van der Waals surface area contributed by atoms with Crippen molar-refractivity contribution >= 4 is 5.95 Å². The minimum absolute atomic E-state index is 0.182. The van der Waals surface area contributed by atoms with Gasteiger partial charge in [0.1, 0.15) is 5.82 Å². The van der Waals surface area contributed by atoms with Crippen LogP contribution in [0.4, 0.5) is 10.3 Å². The van der Waals surface area contributed by atoms with Gasteiger partial charge in [0.05, 0.1) is 0 Å². The number of likely N-dealkylation sites (tertiary alicyclic amines) is 1. The van der Waals surface area contributed by atoms with Gasteiger partial charge in [0, 0.05) is 43.6 Å². The van der Waals surface area contributed by atoms with Crippen LogP contribution in [0.25, 0.3) is 0 Å². The average Bonchev–Trinajstić information content (AvgIpc) is 2.53. The quantitative estimate of drug-likeness (QED) is 0.888. The number of hydrogen-bond donors (Lipinski definition) is 1. The Morgan fingerprint density at radius 2 is 1.95 bits per heavy atom. The molecular formula is C17H21FN4. The smallest absolute Gasteiger partial charge is 0.222 e. The van der Waals surface area contributed by atoms with Crippen molar-refractivity contribution in [3.8, 4) is 0 Å². The molecule has 1 aliphatic rings. The van der Waals surface area contributed by atoms with E-state index in [2.05, 4.69) is 27.1 Å². The number of nitrogens with one attached hydrogen (secondary N) is 1. The molecule has 1 aromatic heterocycles. The zero-order valence-electron chi connectivity index (χ0n) is 12.8. The number of halogens is 1. The Labute approximate surface area is 130 Å².